The van der Waals surface area contributed by atoms with E-state index in [-0.39, 0.29) is 17.9 Å². The van der Waals surface area contributed by atoms with Gasteiger partial charge in [-0.25, -0.2) is 9.69 Å². The lowest BCUT2D eigenvalue weighted by Crippen LogP contribution is -2.54. The summed E-state index contributed by atoms with van der Waals surface area (Å²) in [7, 11) is 1.53. The number of carbonyl (C=O) groups excluding carboxylic acids is 3. The van der Waals surface area contributed by atoms with Crippen molar-refractivity contribution in [2.45, 2.75) is 13.2 Å². The van der Waals surface area contributed by atoms with Crippen LogP contribution in [0.25, 0.3) is 6.08 Å². The van der Waals surface area contributed by atoms with Crippen LogP contribution in [0.4, 0.5) is 10.5 Å². The second kappa shape index (κ2) is 12.4. The van der Waals surface area contributed by atoms with Crippen LogP contribution >= 0.6 is 11.6 Å². The lowest BCUT2D eigenvalue weighted by atomic mass is 10.1. The molecular formula is C32H25ClN2O6. The third-order valence-corrected chi connectivity index (χ3v) is 6.53. The number of ether oxygens (including phenoxy) is 3. The minimum absolute atomic E-state index is 0.220. The SMILES string of the molecule is COc1ccc(/C=C2\C(=O)NC(=O)N(c3ccc(OCc4ccc(Cl)cc4)cc3)C2=O)c(OCc2ccccc2)c1. The minimum atomic E-state index is -0.845. The van der Waals surface area contributed by atoms with Crippen LogP contribution < -0.4 is 24.4 Å². The van der Waals surface area contributed by atoms with E-state index in [2.05, 4.69) is 5.32 Å². The molecule has 0 spiro atoms. The maximum absolute atomic E-state index is 13.5. The Kier molecular flexibility index (Phi) is 8.31. The second-order valence-electron chi connectivity index (χ2n) is 9.04. The molecule has 1 aliphatic heterocycles. The number of amides is 4. The van der Waals surface area contributed by atoms with Crippen molar-refractivity contribution >= 4 is 41.2 Å². The molecule has 1 heterocycles. The maximum atomic E-state index is 13.5. The highest BCUT2D eigenvalue weighted by Gasteiger charge is 2.37. The Morgan fingerprint density at radius 3 is 2.15 bits per heavy atom. The number of methoxy groups -OCH3 is 1. The summed E-state index contributed by atoms with van der Waals surface area (Å²) in [6.45, 7) is 0.582. The number of barbiturate groups is 1. The number of nitrogens with zero attached hydrogens (tertiary/aromatic N) is 1. The summed E-state index contributed by atoms with van der Waals surface area (Å²) in [5.41, 5.74) is 2.41. The molecule has 8 nitrogen and oxygen atoms in total. The van der Waals surface area contributed by atoms with Gasteiger partial charge in [0.15, 0.2) is 0 Å². The maximum Gasteiger partial charge on any atom is 0.335 e. The molecule has 0 radical (unpaired) electrons. The van der Waals surface area contributed by atoms with Crippen LogP contribution in [0.15, 0.2) is 103 Å². The van der Waals surface area contributed by atoms with E-state index in [1.807, 2.05) is 42.5 Å². The Hall–Kier alpha value is -5.08. The monoisotopic (exact) mass is 568 g/mol. The van der Waals surface area contributed by atoms with E-state index >= 15 is 0 Å². The van der Waals surface area contributed by atoms with Crippen molar-refractivity contribution in [2.24, 2.45) is 0 Å². The largest absolute Gasteiger partial charge is 0.497 e. The molecule has 0 bridgehead atoms. The van der Waals surface area contributed by atoms with Crippen molar-refractivity contribution in [1.82, 2.24) is 5.32 Å². The van der Waals surface area contributed by atoms with Gasteiger partial charge in [0.1, 0.15) is 36.0 Å². The Morgan fingerprint density at radius 2 is 1.44 bits per heavy atom. The zero-order valence-corrected chi connectivity index (χ0v) is 22.8. The molecule has 9 heteroatoms. The average Bonchev–Trinajstić information content (AvgIpc) is 2.99. The third-order valence-electron chi connectivity index (χ3n) is 6.27. The molecule has 1 fully saturated rings. The van der Waals surface area contributed by atoms with Crippen molar-refractivity contribution in [3.63, 3.8) is 0 Å². The summed E-state index contributed by atoms with van der Waals surface area (Å²) >= 11 is 5.92. The van der Waals surface area contributed by atoms with Gasteiger partial charge in [-0.2, -0.15) is 0 Å². The first-order chi connectivity index (χ1) is 19.9. The molecule has 0 saturated carbocycles. The quantitative estimate of drug-likeness (QED) is 0.192. The predicted molar refractivity (Wildman–Crippen MR) is 155 cm³/mol. The van der Waals surface area contributed by atoms with Gasteiger partial charge in [0.2, 0.25) is 0 Å². The van der Waals surface area contributed by atoms with Gasteiger partial charge >= 0.3 is 6.03 Å². The van der Waals surface area contributed by atoms with Gasteiger partial charge in [0.25, 0.3) is 11.8 Å². The van der Waals surface area contributed by atoms with Crippen molar-refractivity contribution in [3.8, 4) is 17.2 Å². The van der Waals surface area contributed by atoms with Crippen LogP contribution in [0.2, 0.25) is 5.02 Å². The molecule has 0 unspecified atom stereocenters. The molecule has 5 rings (SSSR count). The number of benzene rings is 4. The minimum Gasteiger partial charge on any atom is -0.497 e. The lowest BCUT2D eigenvalue weighted by molar-refractivity contribution is -0.122. The van der Waals surface area contributed by atoms with Gasteiger partial charge < -0.3 is 14.2 Å². The Morgan fingerprint density at radius 1 is 0.780 bits per heavy atom. The fraction of sp³-hybridized carbons (Fsp3) is 0.0938. The average molecular weight is 569 g/mol. The number of hydrogen-bond acceptors (Lipinski definition) is 6. The Labute approximate surface area is 241 Å². The van der Waals surface area contributed by atoms with Crippen LogP contribution in [-0.2, 0) is 22.8 Å². The van der Waals surface area contributed by atoms with Crippen LogP contribution in [0, 0.1) is 0 Å². The van der Waals surface area contributed by atoms with E-state index in [1.165, 1.54) is 13.2 Å². The van der Waals surface area contributed by atoms with Gasteiger partial charge in [0, 0.05) is 16.7 Å². The molecular weight excluding hydrogens is 544 g/mol. The molecule has 1 saturated heterocycles. The van der Waals surface area contributed by atoms with Gasteiger partial charge in [-0.3, -0.25) is 14.9 Å². The summed E-state index contributed by atoms with van der Waals surface area (Å²) in [6.07, 6.45) is 1.40. The number of carbonyl (C=O) groups is 3. The lowest BCUT2D eigenvalue weighted by Gasteiger charge is -2.26. The van der Waals surface area contributed by atoms with E-state index in [0.29, 0.717) is 34.4 Å². The molecule has 4 aromatic carbocycles. The highest BCUT2D eigenvalue weighted by molar-refractivity contribution is 6.39. The number of urea groups is 1. The number of nitrogens with one attached hydrogen (secondary N) is 1. The van der Waals surface area contributed by atoms with Crippen LogP contribution in [0.3, 0.4) is 0 Å². The first kappa shape index (κ1) is 27.5. The fourth-order valence-corrected chi connectivity index (χ4v) is 4.23. The number of hydrogen-bond donors (Lipinski definition) is 1. The van der Waals surface area contributed by atoms with Crippen molar-refractivity contribution in [1.29, 1.82) is 0 Å². The summed E-state index contributed by atoms with van der Waals surface area (Å²) < 4.78 is 17.1. The molecule has 206 valence electrons. The molecule has 4 aromatic rings. The van der Waals surface area contributed by atoms with Crippen LogP contribution in [0.1, 0.15) is 16.7 Å². The normalized spacial score (nSPS) is 14.1. The van der Waals surface area contributed by atoms with Gasteiger partial charge in [-0.15, -0.1) is 0 Å². The summed E-state index contributed by atoms with van der Waals surface area (Å²) in [4.78, 5) is 39.8. The third kappa shape index (κ3) is 6.57. The standard InChI is InChI=1S/C32H25ClN2O6/c1-39-27-14-9-23(29(18-27)41-20-21-5-3-2-4-6-21)17-28-30(36)34-32(38)35(31(28)37)25-12-15-26(16-13-25)40-19-22-7-10-24(33)11-8-22/h2-18H,19-20H2,1H3,(H,34,36,38)/b28-17+. The number of imide groups is 2. The van der Waals surface area contributed by atoms with E-state index in [0.717, 1.165) is 16.0 Å². The highest BCUT2D eigenvalue weighted by atomic mass is 35.5. The van der Waals surface area contributed by atoms with Gasteiger partial charge in [-0.05, 0) is 65.7 Å². The van der Waals surface area contributed by atoms with Crippen LogP contribution in [0.5, 0.6) is 17.2 Å². The van der Waals surface area contributed by atoms with Crippen LogP contribution in [-0.4, -0.2) is 25.0 Å². The topological polar surface area (TPSA) is 94.2 Å². The van der Waals surface area contributed by atoms with Gasteiger partial charge in [-0.1, -0.05) is 54.1 Å². The van der Waals surface area contributed by atoms with E-state index in [9.17, 15) is 14.4 Å². The summed E-state index contributed by atoms with van der Waals surface area (Å²) in [6, 6.07) is 27.5. The first-order valence-corrected chi connectivity index (χ1v) is 13.0. The molecule has 0 aromatic heterocycles. The molecule has 0 aliphatic carbocycles. The zero-order valence-electron chi connectivity index (χ0n) is 22.0. The van der Waals surface area contributed by atoms with Gasteiger partial charge in [0.05, 0.1) is 12.8 Å². The molecule has 0 atom stereocenters. The zero-order chi connectivity index (χ0) is 28.8. The number of anilines is 1. The summed E-state index contributed by atoms with van der Waals surface area (Å²) in [5.74, 6) is -0.0713. The molecule has 1 aliphatic rings. The summed E-state index contributed by atoms with van der Waals surface area (Å²) in [5, 5.41) is 2.88. The van der Waals surface area contributed by atoms with E-state index in [1.54, 1.807) is 54.6 Å². The molecule has 4 amide bonds. The molecule has 41 heavy (non-hydrogen) atoms. The van der Waals surface area contributed by atoms with Crippen molar-refractivity contribution in [2.75, 3.05) is 12.0 Å². The highest BCUT2D eigenvalue weighted by Crippen LogP contribution is 2.30. The molecule has 1 N–H and O–H groups in total. The van der Waals surface area contributed by atoms with Crippen molar-refractivity contribution < 1.29 is 28.6 Å². The smallest absolute Gasteiger partial charge is 0.335 e. The van der Waals surface area contributed by atoms with E-state index < -0.39 is 17.8 Å². The Bertz CT molecular complexity index is 1600. The fourth-order valence-electron chi connectivity index (χ4n) is 4.11. The Balaban J connectivity index is 1.36. The van der Waals surface area contributed by atoms with E-state index in [4.69, 9.17) is 25.8 Å². The van der Waals surface area contributed by atoms with Crippen molar-refractivity contribution in [3.05, 3.63) is 124 Å². The first-order valence-electron chi connectivity index (χ1n) is 12.6. The predicted octanol–water partition coefficient (Wildman–Crippen LogP) is 6.17. The second-order valence-corrected chi connectivity index (χ2v) is 9.48. The number of halogens is 1. The number of rotatable bonds is 9.